The minimum atomic E-state index is 0.943. The van der Waals surface area contributed by atoms with Crippen LogP contribution in [0.2, 0.25) is 0 Å². The van der Waals surface area contributed by atoms with E-state index in [4.69, 9.17) is 4.42 Å². The maximum atomic E-state index is 6.54. The second-order valence-corrected chi connectivity index (χ2v) is 15.4. The van der Waals surface area contributed by atoms with E-state index >= 15 is 0 Å². The Morgan fingerprint density at radius 3 is 1.65 bits per heavy atom. The third-order valence-electron chi connectivity index (χ3n) is 11.5. The van der Waals surface area contributed by atoms with Crippen molar-refractivity contribution in [3.05, 3.63) is 182 Å². The highest BCUT2D eigenvalue weighted by Gasteiger charge is 2.19. The Balaban J connectivity index is 1.000. The Labute approximate surface area is 314 Å². The molecule has 10 aromatic carbocycles. The molecule has 0 N–H and O–H groups in total. The second kappa shape index (κ2) is 11.4. The zero-order valence-corrected chi connectivity index (χ0v) is 30.0. The fourth-order valence-electron chi connectivity index (χ4n) is 9.04. The third kappa shape index (κ3) is 4.26. The Kier molecular flexibility index (Phi) is 6.28. The van der Waals surface area contributed by atoms with Crippen LogP contribution in [0, 0.1) is 0 Å². The summed E-state index contributed by atoms with van der Waals surface area (Å²) < 4.78 is 9.11. The average molecular weight is 703 g/mol. The molecule has 2 heterocycles. The maximum absolute atomic E-state index is 6.54. The Bertz CT molecular complexity index is 3430. The molecular weight excluding hydrogens is 673 g/mol. The maximum Gasteiger partial charge on any atom is 0.143 e. The van der Waals surface area contributed by atoms with Gasteiger partial charge in [0.25, 0.3) is 0 Å². The molecule has 250 valence electrons. The van der Waals surface area contributed by atoms with E-state index in [1.165, 1.54) is 102 Å². The largest absolute Gasteiger partial charge is 0.455 e. The average Bonchev–Trinajstić information content (AvgIpc) is 3.81. The van der Waals surface area contributed by atoms with Gasteiger partial charge in [-0.3, -0.25) is 0 Å². The number of benzene rings is 10. The van der Waals surface area contributed by atoms with Crippen LogP contribution in [0.1, 0.15) is 0 Å². The lowest BCUT2D eigenvalue weighted by Crippen LogP contribution is -1.91. The summed E-state index contributed by atoms with van der Waals surface area (Å²) in [5.74, 6) is 0. The number of thiophene rings is 1. The monoisotopic (exact) mass is 702 g/mol. The normalized spacial score (nSPS) is 12.1. The van der Waals surface area contributed by atoms with Gasteiger partial charge in [0.15, 0.2) is 0 Å². The molecule has 0 aliphatic heterocycles. The molecule has 2 heteroatoms. The van der Waals surface area contributed by atoms with Gasteiger partial charge in [0.05, 0.1) is 0 Å². The van der Waals surface area contributed by atoms with Gasteiger partial charge in [-0.05, 0) is 95.3 Å². The molecule has 0 radical (unpaired) electrons. The molecular formula is C52H30OS. The van der Waals surface area contributed by atoms with E-state index in [2.05, 4.69) is 182 Å². The van der Waals surface area contributed by atoms with Gasteiger partial charge in [-0.15, -0.1) is 11.3 Å². The molecule has 2 aromatic heterocycles. The lowest BCUT2D eigenvalue weighted by Gasteiger charge is -2.19. The Morgan fingerprint density at radius 2 is 0.907 bits per heavy atom. The molecule has 12 aromatic rings. The molecule has 54 heavy (non-hydrogen) atoms. The fraction of sp³-hybridized carbons (Fsp3) is 0. The van der Waals surface area contributed by atoms with Crippen LogP contribution in [0.15, 0.2) is 186 Å². The molecule has 0 bridgehead atoms. The Hall–Kier alpha value is -6.74. The number of fused-ring (bicyclic) bond motifs is 12. The predicted molar refractivity (Wildman–Crippen MR) is 233 cm³/mol. The summed E-state index contributed by atoms with van der Waals surface area (Å²) in [6.07, 6.45) is 0. The van der Waals surface area contributed by atoms with Crippen LogP contribution in [0.25, 0.3) is 119 Å². The summed E-state index contributed by atoms with van der Waals surface area (Å²) in [6, 6.07) is 66.7. The van der Waals surface area contributed by atoms with Crippen molar-refractivity contribution in [2.24, 2.45) is 0 Å². The second-order valence-electron chi connectivity index (χ2n) is 14.3. The number of rotatable bonds is 3. The highest BCUT2D eigenvalue weighted by atomic mass is 32.1. The van der Waals surface area contributed by atoms with Crippen LogP contribution in [-0.2, 0) is 0 Å². The SMILES string of the molecule is c1ccc2c(-c3c4ccccc4c(-c4ccc(-c5ccc6c(c5)sc5ccc7oc8c9ccccc9ccc8c7c56)cc4)c4ccccc34)cccc2c1. The molecule has 0 saturated heterocycles. The standard InChI is InChI=1S/C52H30OS/c1-3-13-36-32(10-1)12-9-19-38(36)49-41-17-7-5-15-39(41)48(40-16-6-8-18-42(40)49)34-22-20-31(21-23-34)35-25-26-43-47(30-35)54-46-29-28-45-50(51(43)46)44-27-24-33-11-2-4-14-37(33)52(44)53-45/h1-30H. The first-order valence-corrected chi connectivity index (χ1v) is 19.3. The lowest BCUT2D eigenvalue weighted by atomic mass is 9.84. The number of hydrogen-bond donors (Lipinski definition) is 0. The van der Waals surface area contributed by atoms with E-state index in [-0.39, 0.29) is 0 Å². The van der Waals surface area contributed by atoms with Gasteiger partial charge < -0.3 is 4.42 Å². The zero-order valence-electron chi connectivity index (χ0n) is 29.1. The van der Waals surface area contributed by atoms with Crippen molar-refractivity contribution in [1.29, 1.82) is 0 Å². The van der Waals surface area contributed by atoms with Gasteiger partial charge in [0.2, 0.25) is 0 Å². The predicted octanol–water partition coefficient (Wildman–Crippen LogP) is 15.6. The van der Waals surface area contributed by atoms with Gasteiger partial charge in [0, 0.05) is 36.3 Å². The van der Waals surface area contributed by atoms with Crippen LogP contribution in [0.3, 0.4) is 0 Å². The molecule has 0 aliphatic carbocycles. The van der Waals surface area contributed by atoms with E-state index in [0.29, 0.717) is 0 Å². The van der Waals surface area contributed by atoms with E-state index in [9.17, 15) is 0 Å². The van der Waals surface area contributed by atoms with Crippen molar-refractivity contribution in [2.75, 3.05) is 0 Å². The summed E-state index contributed by atoms with van der Waals surface area (Å²) >= 11 is 1.86. The summed E-state index contributed by atoms with van der Waals surface area (Å²) in [4.78, 5) is 0. The highest BCUT2D eigenvalue weighted by Crippen LogP contribution is 2.47. The van der Waals surface area contributed by atoms with E-state index < -0.39 is 0 Å². The molecule has 0 saturated carbocycles. The molecule has 0 fully saturated rings. The zero-order chi connectivity index (χ0) is 35.3. The number of hydrogen-bond acceptors (Lipinski definition) is 2. The van der Waals surface area contributed by atoms with Gasteiger partial charge in [-0.25, -0.2) is 0 Å². The topological polar surface area (TPSA) is 13.1 Å². The smallest absolute Gasteiger partial charge is 0.143 e. The molecule has 1 nitrogen and oxygen atoms in total. The Morgan fingerprint density at radius 1 is 0.333 bits per heavy atom. The van der Waals surface area contributed by atoms with E-state index in [0.717, 1.165) is 16.6 Å². The summed E-state index contributed by atoms with van der Waals surface area (Å²) in [5, 5.41) is 14.9. The van der Waals surface area contributed by atoms with Crippen molar-refractivity contribution in [1.82, 2.24) is 0 Å². The first-order chi connectivity index (χ1) is 26.8. The van der Waals surface area contributed by atoms with Crippen LogP contribution in [-0.4, -0.2) is 0 Å². The summed E-state index contributed by atoms with van der Waals surface area (Å²) in [5.41, 5.74) is 9.42. The van der Waals surface area contributed by atoms with Gasteiger partial charge in [0.1, 0.15) is 11.2 Å². The minimum absolute atomic E-state index is 0.943. The van der Waals surface area contributed by atoms with E-state index in [1.54, 1.807) is 0 Å². The van der Waals surface area contributed by atoms with Crippen LogP contribution in [0.4, 0.5) is 0 Å². The lowest BCUT2D eigenvalue weighted by molar-refractivity contribution is 0.673. The first kappa shape index (κ1) is 29.8. The highest BCUT2D eigenvalue weighted by molar-refractivity contribution is 7.26. The quantitative estimate of drug-likeness (QED) is 0.167. The molecule has 12 rings (SSSR count). The summed E-state index contributed by atoms with van der Waals surface area (Å²) in [7, 11) is 0. The first-order valence-electron chi connectivity index (χ1n) is 18.5. The van der Waals surface area contributed by atoms with Gasteiger partial charge >= 0.3 is 0 Å². The number of furan rings is 1. The minimum Gasteiger partial charge on any atom is -0.455 e. The van der Waals surface area contributed by atoms with Gasteiger partial charge in [-0.1, -0.05) is 158 Å². The molecule has 0 unspecified atom stereocenters. The van der Waals surface area contributed by atoms with Crippen molar-refractivity contribution < 1.29 is 4.42 Å². The summed E-state index contributed by atoms with van der Waals surface area (Å²) in [6.45, 7) is 0. The third-order valence-corrected chi connectivity index (χ3v) is 12.6. The fourth-order valence-corrected chi connectivity index (χ4v) is 10.2. The van der Waals surface area contributed by atoms with Crippen molar-refractivity contribution in [3.63, 3.8) is 0 Å². The van der Waals surface area contributed by atoms with Crippen molar-refractivity contribution in [2.45, 2.75) is 0 Å². The van der Waals surface area contributed by atoms with Crippen LogP contribution < -0.4 is 0 Å². The van der Waals surface area contributed by atoms with Gasteiger partial charge in [-0.2, -0.15) is 0 Å². The van der Waals surface area contributed by atoms with Crippen LogP contribution in [0.5, 0.6) is 0 Å². The molecule has 0 aliphatic rings. The molecule has 0 atom stereocenters. The molecule has 0 amide bonds. The van der Waals surface area contributed by atoms with Crippen molar-refractivity contribution in [3.8, 4) is 33.4 Å². The van der Waals surface area contributed by atoms with Crippen molar-refractivity contribution >= 4 is 96.5 Å². The molecule has 0 spiro atoms. The van der Waals surface area contributed by atoms with Crippen LogP contribution >= 0.6 is 11.3 Å². The van der Waals surface area contributed by atoms with E-state index in [1.807, 2.05) is 11.3 Å².